The molecule has 0 saturated heterocycles. The third-order valence-corrected chi connectivity index (χ3v) is 3.40. The molecule has 0 aromatic heterocycles. The van der Waals surface area contributed by atoms with Gasteiger partial charge < -0.3 is 4.90 Å². The number of rotatable bonds is 7. The van der Waals surface area contributed by atoms with Crippen molar-refractivity contribution in [2.75, 3.05) is 24.6 Å². The van der Waals surface area contributed by atoms with Crippen LogP contribution in [0.25, 0.3) is 0 Å². The summed E-state index contributed by atoms with van der Waals surface area (Å²) >= 11 is 1.88. The first-order valence-corrected chi connectivity index (χ1v) is 7.41. The summed E-state index contributed by atoms with van der Waals surface area (Å²) in [5.41, 5.74) is 0.197. The van der Waals surface area contributed by atoms with Gasteiger partial charge in [-0.1, -0.05) is 27.7 Å². The molecule has 2 nitrogen and oxygen atoms in total. The van der Waals surface area contributed by atoms with E-state index in [1.165, 1.54) is 12.2 Å². The van der Waals surface area contributed by atoms with Crippen molar-refractivity contribution in [3.05, 3.63) is 0 Å². The van der Waals surface area contributed by atoms with E-state index in [9.17, 15) is 4.79 Å². The first kappa shape index (κ1) is 15.8. The van der Waals surface area contributed by atoms with Crippen LogP contribution in [0.3, 0.4) is 0 Å². The molecule has 0 unspecified atom stereocenters. The Morgan fingerprint density at radius 2 is 1.81 bits per heavy atom. The molecule has 0 radical (unpaired) electrons. The Labute approximate surface area is 105 Å². The third kappa shape index (κ3) is 8.03. The van der Waals surface area contributed by atoms with Gasteiger partial charge in [0, 0.05) is 25.3 Å². The number of amides is 1. The molecular formula is C13H27NOS. The molecule has 0 rings (SSSR count). The summed E-state index contributed by atoms with van der Waals surface area (Å²) in [5, 5.41) is 0. The van der Waals surface area contributed by atoms with Gasteiger partial charge in [-0.2, -0.15) is 11.8 Å². The van der Waals surface area contributed by atoms with E-state index < -0.39 is 0 Å². The second-order valence-corrected chi connectivity index (χ2v) is 6.56. The lowest BCUT2D eigenvalue weighted by Crippen LogP contribution is -2.37. The summed E-state index contributed by atoms with van der Waals surface area (Å²) in [6.45, 7) is 12.4. The fourth-order valence-electron chi connectivity index (χ4n) is 1.51. The molecule has 0 bridgehead atoms. The van der Waals surface area contributed by atoms with E-state index in [2.05, 4.69) is 34.6 Å². The molecule has 0 aliphatic rings. The molecule has 0 aromatic rings. The van der Waals surface area contributed by atoms with E-state index in [4.69, 9.17) is 0 Å². The maximum atomic E-state index is 11.9. The molecule has 16 heavy (non-hydrogen) atoms. The number of nitrogens with zero attached hydrogens (tertiary/aromatic N) is 1. The summed E-state index contributed by atoms with van der Waals surface area (Å²) in [6.07, 6.45) is 1.88. The highest BCUT2D eigenvalue weighted by atomic mass is 32.2. The van der Waals surface area contributed by atoms with Crippen molar-refractivity contribution in [1.29, 1.82) is 0 Å². The van der Waals surface area contributed by atoms with Crippen LogP contribution in [0.4, 0.5) is 0 Å². The van der Waals surface area contributed by atoms with Crippen molar-refractivity contribution in [3.63, 3.8) is 0 Å². The van der Waals surface area contributed by atoms with Crippen molar-refractivity contribution < 1.29 is 4.79 Å². The van der Waals surface area contributed by atoms with Gasteiger partial charge in [-0.15, -0.1) is 0 Å². The molecular weight excluding hydrogens is 218 g/mol. The van der Waals surface area contributed by atoms with E-state index >= 15 is 0 Å². The molecule has 0 heterocycles. The molecule has 0 N–H and O–H groups in total. The maximum absolute atomic E-state index is 11.9. The Bertz CT molecular complexity index is 199. The molecule has 0 spiro atoms. The number of carbonyl (C=O) groups excluding carboxylic acids is 1. The molecule has 3 heteroatoms. The SMILES string of the molecule is CCCSCCC(=O)N(CC)CC(C)(C)C. The normalized spacial score (nSPS) is 11.6. The standard InChI is InChI=1S/C13H27NOS/c1-6-9-16-10-8-12(15)14(7-2)11-13(3,4)5/h6-11H2,1-5H3. The number of carbonyl (C=O) groups is 1. The Hall–Kier alpha value is -0.180. The average Bonchev–Trinajstić information content (AvgIpc) is 2.19. The van der Waals surface area contributed by atoms with Crippen molar-refractivity contribution in [2.45, 2.75) is 47.5 Å². The Morgan fingerprint density at radius 1 is 1.19 bits per heavy atom. The highest BCUT2D eigenvalue weighted by Gasteiger charge is 2.19. The van der Waals surface area contributed by atoms with Crippen LogP contribution in [0.15, 0.2) is 0 Å². The van der Waals surface area contributed by atoms with Crippen LogP contribution in [0.5, 0.6) is 0 Å². The van der Waals surface area contributed by atoms with E-state index in [1.54, 1.807) is 0 Å². The quantitative estimate of drug-likeness (QED) is 0.641. The van der Waals surface area contributed by atoms with Crippen LogP contribution >= 0.6 is 11.8 Å². The Balaban J connectivity index is 3.92. The minimum atomic E-state index is 0.197. The van der Waals surface area contributed by atoms with Gasteiger partial charge >= 0.3 is 0 Å². The fraction of sp³-hybridized carbons (Fsp3) is 0.923. The van der Waals surface area contributed by atoms with E-state index in [0.717, 1.165) is 18.8 Å². The minimum absolute atomic E-state index is 0.197. The van der Waals surface area contributed by atoms with Crippen LogP contribution in [-0.2, 0) is 4.79 Å². The smallest absolute Gasteiger partial charge is 0.223 e. The number of thioether (sulfide) groups is 1. The van der Waals surface area contributed by atoms with E-state index in [-0.39, 0.29) is 5.41 Å². The largest absolute Gasteiger partial charge is 0.342 e. The fourth-order valence-corrected chi connectivity index (χ4v) is 2.32. The summed E-state index contributed by atoms with van der Waals surface area (Å²) in [4.78, 5) is 13.9. The van der Waals surface area contributed by atoms with Gasteiger partial charge in [0.2, 0.25) is 5.91 Å². The van der Waals surface area contributed by atoms with Gasteiger partial charge in [-0.3, -0.25) is 4.79 Å². The van der Waals surface area contributed by atoms with Crippen LogP contribution in [-0.4, -0.2) is 35.4 Å². The first-order chi connectivity index (χ1) is 7.40. The monoisotopic (exact) mass is 245 g/mol. The minimum Gasteiger partial charge on any atom is -0.342 e. The Morgan fingerprint density at radius 3 is 2.25 bits per heavy atom. The predicted octanol–water partition coefficient (Wildman–Crippen LogP) is 3.41. The molecule has 0 aliphatic carbocycles. The van der Waals surface area contributed by atoms with Crippen LogP contribution < -0.4 is 0 Å². The van der Waals surface area contributed by atoms with E-state index in [0.29, 0.717) is 12.3 Å². The third-order valence-electron chi connectivity index (χ3n) is 2.21. The summed E-state index contributed by atoms with van der Waals surface area (Å²) in [6, 6.07) is 0. The van der Waals surface area contributed by atoms with Gasteiger partial charge in [-0.05, 0) is 24.5 Å². The second kappa shape index (κ2) is 7.99. The average molecular weight is 245 g/mol. The highest BCUT2D eigenvalue weighted by Crippen LogP contribution is 2.16. The summed E-state index contributed by atoms with van der Waals surface area (Å²) < 4.78 is 0. The van der Waals surface area contributed by atoms with Crippen molar-refractivity contribution in [2.24, 2.45) is 5.41 Å². The second-order valence-electron chi connectivity index (χ2n) is 5.33. The topological polar surface area (TPSA) is 20.3 Å². The predicted molar refractivity (Wildman–Crippen MR) is 73.9 cm³/mol. The van der Waals surface area contributed by atoms with Crippen molar-refractivity contribution in [1.82, 2.24) is 4.90 Å². The van der Waals surface area contributed by atoms with Gasteiger partial charge in [0.1, 0.15) is 0 Å². The molecule has 0 fully saturated rings. The van der Waals surface area contributed by atoms with E-state index in [1.807, 2.05) is 16.7 Å². The lowest BCUT2D eigenvalue weighted by atomic mass is 9.96. The first-order valence-electron chi connectivity index (χ1n) is 6.26. The van der Waals surface area contributed by atoms with Gasteiger partial charge in [0.15, 0.2) is 0 Å². The van der Waals surface area contributed by atoms with Crippen LogP contribution in [0.1, 0.15) is 47.5 Å². The van der Waals surface area contributed by atoms with Crippen LogP contribution in [0.2, 0.25) is 0 Å². The van der Waals surface area contributed by atoms with Gasteiger partial charge in [-0.25, -0.2) is 0 Å². The van der Waals surface area contributed by atoms with Crippen molar-refractivity contribution >= 4 is 17.7 Å². The Kier molecular flexibility index (Phi) is 7.90. The zero-order valence-electron chi connectivity index (χ0n) is 11.5. The maximum Gasteiger partial charge on any atom is 0.223 e. The molecule has 0 atom stereocenters. The molecule has 1 amide bonds. The van der Waals surface area contributed by atoms with Crippen molar-refractivity contribution in [3.8, 4) is 0 Å². The summed E-state index contributed by atoms with van der Waals surface area (Å²) in [5.74, 6) is 2.44. The summed E-state index contributed by atoms with van der Waals surface area (Å²) in [7, 11) is 0. The highest BCUT2D eigenvalue weighted by molar-refractivity contribution is 7.99. The molecule has 0 aliphatic heterocycles. The molecule has 0 saturated carbocycles. The van der Waals surface area contributed by atoms with Gasteiger partial charge in [0.05, 0.1) is 0 Å². The zero-order chi connectivity index (χ0) is 12.6. The number of hydrogen-bond acceptors (Lipinski definition) is 2. The lowest BCUT2D eigenvalue weighted by Gasteiger charge is -2.29. The van der Waals surface area contributed by atoms with Gasteiger partial charge in [0.25, 0.3) is 0 Å². The molecule has 0 aromatic carbocycles. The zero-order valence-corrected chi connectivity index (χ0v) is 12.3. The number of hydrogen-bond donors (Lipinski definition) is 0. The lowest BCUT2D eigenvalue weighted by molar-refractivity contribution is -0.131. The molecule has 96 valence electrons. The van der Waals surface area contributed by atoms with Crippen LogP contribution in [0, 0.1) is 5.41 Å².